The number of aryl methyl sites for hydroxylation is 1. The van der Waals surface area contributed by atoms with Crippen LogP contribution in [0.2, 0.25) is 0 Å². The van der Waals surface area contributed by atoms with E-state index in [-0.39, 0.29) is 5.78 Å². The first kappa shape index (κ1) is 12.1. The van der Waals surface area contributed by atoms with Gasteiger partial charge < -0.3 is 4.98 Å². The molecule has 3 rings (SSSR count). The predicted molar refractivity (Wildman–Crippen MR) is 78.4 cm³/mol. The summed E-state index contributed by atoms with van der Waals surface area (Å²) in [4.78, 5) is 19.8. The van der Waals surface area contributed by atoms with Crippen LogP contribution in [0.1, 0.15) is 21.5 Å². The van der Waals surface area contributed by atoms with Crippen LogP contribution in [0, 0.1) is 6.92 Å². The van der Waals surface area contributed by atoms with Crippen LogP contribution in [0.15, 0.2) is 47.3 Å². The summed E-state index contributed by atoms with van der Waals surface area (Å²) in [5.74, 6) is 0.0121. The quantitative estimate of drug-likeness (QED) is 0.730. The number of hydrogen-bond donors (Lipinski definition) is 1. The summed E-state index contributed by atoms with van der Waals surface area (Å²) in [5, 5.41) is 0.854. The van der Waals surface area contributed by atoms with E-state index in [1.807, 2.05) is 31.2 Å². The Balaban J connectivity index is 2.16. The molecule has 0 bridgehead atoms. The zero-order chi connectivity index (χ0) is 13.4. The van der Waals surface area contributed by atoms with Crippen molar-refractivity contribution < 1.29 is 4.79 Å². The van der Waals surface area contributed by atoms with Crippen LogP contribution in [0.25, 0.3) is 10.9 Å². The van der Waals surface area contributed by atoms with Gasteiger partial charge in [-0.2, -0.15) is 0 Å². The van der Waals surface area contributed by atoms with Gasteiger partial charge in [-0.1, -0.05) is 22.0 Å². The summed E-state index contributed by atoms with van der Waals surface area (Å²) in [7, 11) is 0. The molecule has 2 aromatic heterocycles. The highest BCUT2D eigenvalue weighted by atomic mass is 79.9. The number of aromatic nitrogens is 2. The number of carbonyl (C=O) groups is 1. The average molecular weight is 315 g/mol. The van der Waals surface area contributed by atoms with E-state index >= 15 is 0 Å². The predicted octanol–water partition coefficient (Wildman–Crippen LogP) is 3.86. The molecule has 0 aliphatic rings. The third-order valence-corrected chi connectivity index (χ3v) is 3.67. The average Bonchev–Trinajstić information content (AvgIpc) is 2.84. The monoisotopic (exact) mass is 314 g/mol. The van der Waals surface area contributed by atoms with Crippen LogP contribution < -0.4 is 0 Å². The molecule has 0 atom stereocenters. The van der Waals surface area contributed by atoms with Gasteiger partial charge in [0.15, 0.2) is 5.78 Å². The molecule has 0 spiro atoms. The van der Waals surface area contributed by atoms with Crippen LogP contribution >= 0.6 is 15.9 Å². The van der Waals surface area contributed by atoms with Crippen molar-refractivity contribution in [3.8, 4) is 0 Å². The first-order chi connectivity index (χ1) is 9.16. The highest BCUT2D eigenvalue weighted by molar-refractivity contribution is 9.10. The van der Waals surface area contributed by atoms with Gasteiger partial charge in [-0.15, -0.1) is 0 Å². The highest BCUT2D eigenvalue weighted by Gasteiger charge is 2.16. The number of nitrogens with one attached hydrogen (secondary N) is 1. The largest absolute Gasteiger partial charge is 0.360 e. The Bertz CT molecular complexity index is 777. The van der Waals surface area contributed by atoms with Crippen molar-refractivity contribution in [3.63, 3.8) is 0 Å². The van der Waals surface area contributed by atoms with Gasteiger partial charge in [0, 0.05) is 45.1 Å². The van der Waals surface area contributed by atoms with E-state index < -0.39 is 0 Å². The Morgan fingerprint density at radius 3 is 2.95 bits per heavy atom. The summed E-state index contributed by atoms with van der Waals surface area (Å²) >= 11 is 3.41. The van der Waals surface area contributed by atoms with Gasteiger partial charge in [-0.25, -0.2) is 0 Å². The van der Waals surface area contributed by atoms with Gasteiger partial charge >= 0.3 is 0 Å². The lowest BCUT2D eigenvalue weighted by Crippen LogP contribution is -2.03. The smallest absolute Gasteiger partial charge is 0.195 e. The van der Waals surface area contributed by atoms with Crippen LogP contribution in [-0.2, 0) is 0 Å². The third kappa shape index (κ3) is 2.08. The standard InChI is InChI=1S/C15H11BrN2O/c1-9-2-3-10(16)6-11(9)15(19)13-8-18-14-4-5-17-7-12(13)14/h2-8,18H,1H3. The minimum Gasteiger partial charge on any atom is -0.360 e. The lowest BCUT2D eigenvalue weighted by atomic mass is 9.99. The van der Waals surface area contributed by atoms with Crippen molar-refractivity contribution in [1.82, 2.24) is 9.97 Å². The van der Waals surface area contributed by atoms with Crippen molar-refractivity contribution in [2.24, 2.45) is 0 Å². The molecule has 19 heavy (non-hydrogen) atoms. The summed E-state index contributed by atoms with van der Waals surface area (Å²) < 4.78 is 0.902. The van der Waals surface area contributed by atoms with E-state index in [0.717, 1.165) is 20.9 Å². The number of rotatable bonds is 2. The van der Waals surface area contributed by atoms with Crippen molar-refractivity contribution in [2.45, 2.75) is 6.92 Å². The molecule has 0 aliphatic heterocycles. The van der Waals surface area contributed by atoms with Gasteiger partial charge in [0.1, 0.15) is 0 Å². The minimum atomic E-state index is 0.0121. The Kier molecular flexibility index (Phi) is 2.95. The second-order valence-corrected chi connectivity index (χ2v) is 5.33. The van der Waals surface area contributed by atoms with E-state index in [9.17, 15) is 4.79 Å². The Hall–Kier alpha value is -1.94. The summed E-state index contributed by atoms with van der Waals surface area (Å²) in [5.41, 5.74) is 3.25. The Morgan fingerprint density at radius 1 is 1.26 bits per heavy atom. The molecule has 0 amide bonds. The normalized spacial score (nSPS) is 10.8. The zero-order valence-corrected chi connectivity index (χ0v) is 11.9. The van der Waals surface area contributed by atoms with Gasteiger partial charge in [0.25, 0.3) is 0 Å². The van der Waals surface area contributed by atoms with Gasteiger partial charge in [0.2, 0.25) is 0 Å². The number of benzene rings is 1. The number of nitrogens with zero attached hydrogens (tertiary/aromatic N) is 1. The summed E-state index contributed by atoms with van der Waals surface area (Å²) in [6.07, 6.45) is 5.17. The Morgan fingerprint density at radius 2 is 2.11 bits per heavy atom. The minimum absolute atomic E-state index is 0.0121. The topological polar surface area (TPSA) is 45.8 Å². The van der Waals surface area contributed by atoms with Crippen LogP contribution in [0.5, 0.6) is 0 Å². The fraction of sp³-hybridized carbons (Fsp3) is 0.0667. The second-order valence-electron chi connectivity index (χ2n) is 4.41. The van der Waals surface area contributed by atoms with E-state index in [4.69, 9.17) is 0 Å². The molecule has 4 heteroatoms. The Labute approximate surface area is 118 Å². The molecular formula is C15H11BrN2O. The molecule has 1 N–H and O–H groups in total. The van der Waals surface area contributed by atoms with Crippen molar-refractivity contribution in [2.75, 3.05) is 0 Å². The van der Waals surface area contributed by atoms with Crippen LogP contribution in [0.3, 0.4) is 0 Å². The molecule has 2 heterocycles. The summed E-state index contributed by atoms with van der Waals surface area (Å²) in [6, 6.07) is 7.58. The maximum atomic E-state index is 12.6. The molecule has 3 aromatic rings. The van der Waals surface area contributed by atoms with E-state index in [1.54, 1.807) is 18.6 Å². The maximum absolute atomic E-state index is 12.6. The fourth-order valence-electron chi connectivity index (χ4n) is 2.13. The van der Waals surface area contributed by atoms with E-state index in [2.05, 4.69) is 25.9 Å². The number of carbonyl (C=O) groups excluding carboxylic acids is 1. The SMILES string of the molecule is Cc1ccc(Br)cc1C(=O)c1c[nH]c2ccncc12. The molecule has 0 aliphatic carbocycles. The summed E-state index contributed by atoms with van der Waals surface area (Å²) in [6.45, 7) is 1.94. The van der Waals surface area contributed by atoms with Crippen LogP contribution in [-0.4, -0.2) is 15.8 Å². The number of halogens is 1. The number of pyridine rings is 1. The number of fused-ring (bicyclic) bond motifs is 1. The zero-order valence-electron chi connectivity index (χ0n) is 10.3. The lowest BCUT2D eigenvalue weighted by molar-refractivity contribution is 0.103. The third-order valence-electron chi connectivity index (χ3n) is 3.17. The lowest BCUT2D eigenvalue weighted by Gasteiger charge is -2.04. The molecule has 0 saturated heterocycles. The number of aromatic amines is 1. The number of H-pyrrole nitrogens is 1. The molecular weight excluding hydrogens is 304 g/mol. The molecule has 0 saturated carbocycles. The highest BCUT2D eigenvalue weighted by Crippen LogP contribution is 2.23. The molecule has 0 fully saturated rings. The van der Waals surface area contributed by atoms with Crippen molar-refractivity contribution in [1.29, 1.82) is 0 Å². The fourth-order valence-corrected chi connectivity index (χ4v) is 2.50. The second kappa shape index (κ2) is 4.63. The van der Waals surface area contributed by atoms with Gasteiger partial charge in [0.05, 0.1) is 0 Å². The van der Waals surface area contributed by atoms with Crippen molar-refractivity contribution in [3.05, 3.63) is 64.0 Å². The number of hydrogen-bond acceptors (Lipinski definition) is 2. The van der Waals surface area contributed by atoms with E-state index in [0.29, 0.717) is 11.1 Å². The van der Waals surface area contributed by atoms with Gasteiger partial charge in [-0.05, 0) is 30.7 Å². The first-order valence-electron chi connectivity index (χ1n) is 5.89. The molecule has 94 valence electrons. The molecule has 0 radical (unpaired) electrons. The van der Waals surface area contributed by atoms with Crippen LogP contribution in [0.4, 0.5) is 0 Å². The molecule has 1 aromatic carbocycles. The van der Waals surface area contributed by atoms with E-state index in [1.165, 1.54) is 0 Å². The van der Waals surface area contributed by atoms with Crippen molar-refractivity contribution >= 4 is 32.6 Å². The molecule has 0 unspecified atom stereocenters. The molecule has 3 nitrogen and oxygen atoms in total. The van der Waals surface area contributed by atoms with Gasteiger partial charge in [-0.3, -0.25) is 9.78 Å². The first-order valence-corrected chi connectivity index (χ1v) is 6.68. The maximum Gasteiger partial charge on any atom is 0.195 e. The number of ketones is 1.